The van der Waals surface area contributed by atoms with Gasteiger partial charge in [0.15, 0.2) is 0 Å². The predicted octanol–water partition coefficient (Wildman–Crippen LogP) is 0.614. The van der Waals surface area contributed by atoms with Crippen LogP contribution < -0.4 is 5.32 Å². The van der Waals surface area contributed by atoms with Crippen LogP contribution in [0.25, 0.3) is 0 Å². The van der Waals surface area contributed by atoms with Crippen LogP contribution in [0, 0.1) is 0 Å². The fourth-order valence-corrected chi connectivity index (χ4v) is 2.01. The number of amides is 2. The molecule has 0 fully saturated rings. The molecule has 100 valence electrons. The number of hydrogen-bond acceptors (Lipinski definition) is 3. The zero-order valence-electron chi connectivity index (χ0n) is 10.5. The molecule has 0 spiro atoms. The van der Waals surface area contributed by atoms with E-state index in [1.165, 1.54) is 4.90 Å². The van der Waals surface area contributed by atoms with E-state index in [0.29, 0.717) is 13.0 Å². The van der Waals surface area contributed by atoms with Crippen LogP contribution in [0.5, 0.6) is 0 Å². The van der Waals surface area contributed by atoms with Crippen LogP contribution in [0.15, 0.2) is 18.2 Å². The first-order valence-electron chi connectivity index (χ1n) is 5.83. The van der Waals surface area contributed by atoms with Crippen molar-refractivity contribution in [1.29, 1.82) is 0 Å². The summed E-state index contributed by atoms with van der Waals surface area (Å²) in [5, 5.41) is 11.3. The summed E-state index contributed by atoms with van der Waals surface area (Å²) in [6.45, 7) is 0.327. The van der Waals surface area contributed by atoms with Crippen LogP contribution in [0.4, 0.5) is 5.69 Å². The quantitative estimate of drug-likeness (QED) is 0.778. The first-order chi connectivity index (χ1) is 8.95. The Morgan fingerprint density at radius 3 is 2.84 bits per heavy atom. The van der Waals surface area contributed by atoms with E-state index < -0.39 is 18.3 Å². The average molecular weight is 262 g/mol. The normalized spacial score (nSPS) is 12.8. The molecular formula is C13H14N2O4. The highest BCUT2D eigenvalue weighted by molar-refractivity contribution is 5.99. The van der Waals surface area contributed by atoms with Crippen LogP contribution in [-0.4, -0.2) is 34.8 Å². The molecule has 6 nitrogen and oxygen atoms in total. The minimum atomic E-state index is -1.14. The van der Waals surface area contributed by atoms with Gasteiger partial charge in [0, 0.05) is 19.3 Å². The van der Waals surface area contributed by atoms with Crippen molar-refractivity contribution in [3.63, 3.8) is 0 Å². The molecule has 1 aromatic rings. The van der Waals surface area contributed by atoms with Gasteiger partial charge in [-0.2, -0.15) is 0 Å². The molecule has 2 amide bonds. The van der Waals surface area contributed by atoms with Crippen molar-refractivity contribution in [3.05, 3.63) is 29.3 Å². The molecule has 2 rings (SSSR count). The number of benzene rings is 1. The second kappa shape index (κ2) is 5.09. The Bertz CT molecular complexity index is 554. The van der Waals surface area contributed by atoms with E-state index in [9.17, 15) is 14.4 Å². The van der Waals surface area contributed by atoms with Crippen molar-refractivity contribution in [1.82, 2.24) is 4.90 Å². The minimum absolute atomic E-state index is 0.0394. The number of carbonyl (C=O) groups is 3. The van der Waals surface area contributed by atoms with Crippen molar-refractivity contribution < 1.29 is 19.5 Å². The molecule has 0 saturated heterocycles. The van der Waals surface area contributed by atoms with Crippen molar-refractivity contribution in [3.8, 4) is 0 Å². The SMILES string of the molecule is CN(Cc1ccc2c(c1)CC(=O)N2)C(=O)CC(=O)O. The Morgan fingerprint density at radius 1 is 1.42 bits per heavy atom. The van der Waals surface area contributed by atoms with Gasteiger partial charge in [-0.3, -0.25) is 14.4 Å². The number of hydrogen-bond donors (Lipinski definition) is 2. The lowest BCUT2D eigenvalue weighted by molar-refractivity contribution is -0.144. The third-order valence-electron chi connectivity index (χ3n) is 2.94. The van der Waals surface area contributed by atoms with Crippen molar-refractivity contribution >= 4 is 23.5 Å². The molecule has 0 unspecified atom stereocenters. The maximum absolute atomic E-state index is 11.5. The number of nitrogens with zero attached hydrogens (tertiary/aromatic N) is 1. The highest BCUT2D eigenvalue weighted by Crippen LogP contribution is 2.24. The maximum atomic E-state index is 11.5. The zero-order chi connectivity index (χ0) is 14.0. The predicted molar refractivity (Wildman–Crippen MR) is 67.5 cm³/mol. The molecular weight excluding hydrogens is 248 g/mol. The summed E-state index contributed by atoms with van der Waals surface area (Å²) in [4.78, 5) is 34.6. The first-order valence-corrected chi connectivity index (χ1v) is 5.83. The van der Waals surface area contributed by atoms with Gasteiger partial charge in [0.2, 0.25) is 11.8 Å². The fraction of sp³-hybridized carbons (Fsp3) is 0.308. The maximum Gasteiger partial charge on any atom is 0.312 e. The number of rotatable bonds is 4. The van der Waals surface area contributed by atoms with Crippen LogP contribution in [-0.2, 0) is 27.3 Å². The summed E-state index contributed by atoms with van der Waals surface area (Å²) in [6.07, 6.45) is -0.169. The topological polar surface area (TPSA) is 86.7 Å². The largest absolute Gasteiger partial charge is 0.481 e. The van der Waals surface area contributed by atoms with E-state index >= 15 is 0 Å². The molecule has 0 atom stereocenters. The highest BCUT2D eigenvalue weighted by Gasteiger charge is 2.18. The lowest BCUT2D eigenvalue weighted by Gasteiger charge is -2.16. The molecule has 0 radical (unpaired) electrons. The molecule has 1 aromatic carbocycles. The van der Waals surface area contributed by atoms with Crippen LogP contribution in [0.3, 0.4) is 0 Å². The number of aliphatic carboxylic acids is 1. The summed E-state index contributed by atoms with van der Waals surface area (Å²) in [6, 6.07) is 5.47. The number of carbonyl (C=O) groups excluding carboxylic acids is 2. The lowest BCUT2D eigenvalue weighted by atomic mass is 10.1. The van der Waals surface area contributed by atoms with Crippen LogP contribution >= 0.6 is 0 Å². The standard InChI is InChI=1S/C13H14N2O4/c1-15(12(17)6-13(18)19)7-8-2-3-10-9(4-8)5-11(16)14-10/h2-4H,5-7H2,1H3,(H,14,16)(H,18,19). The summed E-state index contributed by atoms with van der Waals surface area (Å²) < 4.78 is 0. The van der Waals surface area contributed by atoms with E-state index in [2.05, 4.69) is 5.32 Å². The minimum Gasteiger partial charge on any atom is -0.481 e. The Kier molecular flexibility index (Phi) is 3.50. The van der Waals surface area contributed by atoms with Crippen LogP contribution in [0.1, 0.15) is 17.5 Å². The van der Waals surface area contributed by atoms with Crippen molar-refractivity contribution in [2.45, 2.75) is 19.4 Å². The van der Waals surface area contributed by atoms with Gasteiger partial charge in [-0.25, -0.2) is 0 Å². The van der Waals surface area contributed by atoms with Gasteiger partial charge >= 0.3 is 5.97 Å². The summed E-state index contributed by atoms with van der Waals surface area (Å²) in [5.74, 6) is -1.62. The van der Waals surface area contributed by atoms with Gasteiger partial charge in [-0.15, -0.1) is 0 Å². The van der Waals surface area contributed by atoms with Gasteiger partial charge in [-0.1, -0.05) is 12.1 Å². The van der Waals surface area contributed by atoms with Gasteiger partial charge < -0.3 is 15.3 Å². The Morgan fingerprint density at radius 2 is 2.16 bits per heavy atom. The Labute approximate surface area is 110 Å². The average Bonchev–Trinajstić information content (AvgIpc) is 2.67. The number of carboxylic acids is 1. The molecule has 1 aliphatic rings. The van der Waals surface area contributed by atoms with Gasteiger partial charge in [0.25, 0.3) is 0 Å². The monoisotopic (exact) mass is 262 g/mol. The fourth-order valence-electron chi connectivity index (χ4n) is 2.01. The van der Waals surface area contributed by atoms with E-state index in [1.807, 2.05) is 12.1 Å². The summed E-state index contributed by atoms with van der Waals surface area (Å²) in [5.41, 5.74) is 2.58. The molecule has 6 heteroatoms. The first kappa shape index (κ1) is 13.1. The van der Waals surface area contributed by atoms with E-state index in [-0.39, 0.29) is 5.91 Å². The number of carboxylic acid groups (broad SMARTS) is 1. The Balaban J connectivity index is 2.04. The van der Waals surface area contributed by atoms with E-state index in [1.54, 1.807) is 13.1 Å². The molecule has 0 aliphatic carbocycles. The number of anilines is 1. The molecule has 0 bridgehead atoms. The van der Waals surface area contributed by atoms with Crippen LogP contribution in [0.2, 0.25) is 0 Å². The van der Waals surface area contributed by atoms with Gasteiger partial charge in [0.1, 0.15) is 6.42 Å². The van der Waals surface area contributed by atoms with Crippen molar-refractivity contribution in [2.24, 2.45) is 0 Å². The molecule has 0 saturated carbocycles. The summed E-state index contributed by atoms with van der Waals surface area (Å²) >= 11 is 0. The van der Waals surface area contributed by atoms with Gasteiger partial charge in [0.05, 0.1) is 6.42 Å². The van der Waals surface area contributed by atoms with Crippen molar-refractivity contribution in [2.75, 3.05) is 12.4 Å². The van der Waals surface area contributed by atoms with E-state index in [4.69, 9.17) is 5.11 Å². The zero-order valence-corrected chi connectivity index (χ0v) is 10.5. The molecule has 0 aromatic heterocycles. The highest BCUT2D eigenvalue weighted by atomic mass is 16.4. The molecule has 1 heterocycles. The second-order valence-electron chi connectivity index (χ2n) is 4.54. The third kappa shape index (κ3) is 3.09. The van der Waals surface area contributed by atoms with E-state index in [0.717, 1.165) is 16.8 Å². The number of fused-ring (bicyclic) bond motifs is 1. The lowest BCUT2D eigenvalue weighted by Crippen LogP contribution is -2.28. The van der Waals surface area contributed by atoms with Gasteiger partial charge in [-0.05, 0) is 17.2 Å². The summed E-state index contributed by atoms with van der Waals surface area (Å²) in [7, 11) is 1.56. The molecule has 19 heavy (non-hydrogen) atoms. The molecule has 2 N–H and O–H groups in total. The smallest absolute Gasteiger partial charge is 0.312 e. The number of nitrogens with one attached hydrogen (secondary N) is 1. The molecule has 1 aliphatic heterocycles. The second-order valence-corrected chi connectivity index (χ2v) is 4.54. The Hall–Kier alpha value is -2.37. The third-order valence-corrected chi connectivity index (χ3v) is 2.94.